The van der Waals surface area contributed by atoms with Crippen LogP contribution >= 0.6 is 11.8 Å². The van der Waals surface area contributed by atoms with Gasteiger partial charge in [-0.1, -0.05) is 20.8 Å². The summed E-state index contributed by atoms with van der Waals surface area (Å²) in [6.45, 7) is 5.65. The van der Waals surface area contributed by atoms with Crippen LogP contribution in [0.1, 0.15) is 46.5 Å². The van der Waals surface area contributed by atoms with Gasteiger partial charge in [0, 0.05) is 6.42 Å². The molecule has 1 unspecified atom stereocenters. The van der Waals surface area contributed by atoms with Crippen molar-refractivity contribution in [2.45, 2.75) is 69.7 Å². The second-order valence-electron chi connectivity index (χ2n) is 6.04. The van der Waals surface area contributed by atoms with E-state index in [1.54, 1.807) is 6.92 Å². The topological polar surface area (TPSA) is 26.3 Å². The lowest BCUT2D eigenvalue weighted by atomic mass is 10.1. The van der Waals surface area contributed by atoms with Crippen LogP contribution in [-0.2, 0) is 9.53 Å². The Labute approximate surface area is 146 Å². The minimum atomic E-state index is -6.31. The first-order chi connectivity index (χ1) is 11.3. The zero-order valence-electron chi connectivity index (χ0n) is 14.3. The Morgan fingerprint density at radius 2 is 1.64 bits per heavy atom. The number of hydrogen-bond donors (Lipinski definition) is 0. The van der Waals surface area contributed by atoms with E-state index in [0.29, 0.717) is 12.8 Å². The third-order valence-electron chi connectivity index (χ3n) is 3.17. The molecule has 0 aliphatic carbocycles. The van der Waals surface area contributed by atoms with Crippen LogP contribution in [0, 0.1) is 5.92 Å². The number of ether oxygens (including phenoxy) is 1. The summed E-state index contributed by atoms with van der Waals surface area (Å²) < 4.78 is 93.0. The third-order valence-corrected chi connectivity index (χ3v) is 4.48. The fraction of sp³-hybridized carbons (Fsp3) is 0.933. The molecule has 150 valence electrons. The first-order valence-electron chi connectivity index (χ1n) is 7.86. The number of hydrogen-bond acceptors (Lipinski definition) is 3. The maximum atomic E-state index is 13.2. The zero-order valence-corrected chi connectivity index (χ0v) is 15.1. The molecule has 1 atom stereocenters. The number of carbonyl (C=O) groups is 1. The van der Waals surface area contributed by atoms with Gasteiger partial charge in [0.15, 0.2) is 0 Å². The second kappa shape index (κ2) is 9.87. The number of thioether (sulfide) groups is 1. The van der Waals surface area contributed by atoms with Gasteiger partial charge in [0.05, 0.1) is 6.61 Å². The van der Waals surface area contributed by atoms with E-state index in [0.717, 1.165) is 11.8 Å². The van der Waals surface area contributed by atoms with Crippen molar-refractivity contribution in [3.8, 4) is 0 Å². The smallest absolute Gasteiger partial charge is 0.459 e. The molecule has 0 radical (unpaired) electrons. The monoisotopic (exact) mass is 400 g/mol. The first-order valence-corrected chi connectivity index (χ1v) is 8.91. The van der Waals surface area contributed by atoms with Crippen LogP contribution in [0.2, 0.25) is 0 Å². The number of halogens is 7. The summed E-state index contributed by atoms with van der Waals surface area (Å²) in [4.78, 5) is 11.9. The summed E-state index contributed by atoms with van der Waals surface area (Å²) in [7, 11) is 0. The molecule has 0 aliphatic heterocycles. The van der Waals surface area contributed by atoms with Gasteiger partial charge in [0.1, 0.15) is 5.25 Å². The van der Waals surface area contributed by atoms with Crippen molar-refractivity contribution < 1.29 is 40.3 Å². The normalized spacial score (nSPS) is 14.7. The maximum Gasteiger partial charge on any atom is 0.459 e. The van der Waals surface area contributed by atoms with Crippen molar-refractivity contribution in [2.75, 3.05) is 12.4 Å². The quantitative estimate of drug-likeness (QED) is 0.253. The van der Waals surface area contributed by atoms with Crippen molar-refractivity contribution in [1.29, 1.82) is 0 Å². The highest BCUT2D eigenvalue weighted by Crippen LogP contribution is 2.48. The number of rotatable bonds is 11. The van der Waals surface area contributed by atoms with E-state index in [2.05, 4.69) is 0 Å². The molecule has 0 aromatic carbocycles. The molecule has 0 amide bonds. The van der Waals surface area contributed by atoms with Gasteiger partial charge >= 0.3 is 24.0 Å². The molecular weight excluding hydrogens is 377 g/mol. The van der Waals surface area contributed by atoms with Crippen LogP contribution in [0.4, 0.5) is 30.7 Å². The van der Waals surface area contributed by atoms with Crippen LogP contribution in [0.25, 0.3) is 0 Å². The molecule has 0 saturated carbocycles. The van der Waals surface area contributed by atoms with E-state index >= 15 is 0 Å². The summed E-state index contributed by atoms with van der Waals surface area (Å²) in [6, 6.07) is 0. The average molecular weight is 400 g/mol. The Balaban J connectivity index is 4.61. The highest BCUT2D eigenvalue weighted by molar-refractivity contribution is 8.00. The van der Waals surface area contributed by atoms with Gasteiger partial charge < -0.3 is 4.74 Å². The molecule has 0 N–H and O–H groups in total. The molecule has 0 rings (SSSR count). The maximum absolute atomic E-state index is 13.2. The number of alkyl halides is 7. The van der Waals surface area contributed by atoms with Crippen molar-refractivity contribution in [3.05, 3.63) is 0 Å². The third kappa shape index (κ3) is 7.62. The highest BCUT2D eigenvalue weighted by atomic mass is 32.2. The second-order valence-corrected chi connectivity index (χ2v) is 7.35. The first kappa shape index (κ1) is 24.3. The largest absolute Gasteiger partial charge is 0.465 e. The molecule has 10 heteroatoms. The van der Waals surface area contributed by atoms with E-state index in [1.165, 1.54) is 0 Å². The molecule has 0 bridgehead atoms. The minimum absolute atomic E-state index is 0.0997. The van der Waals surface area contributed by atoms with Crippen molar-refractivity contribution >= 4 is 17.7 Å². The summed E-state index contributed by atoms with van der Waals surface area (Å²) in [5.41, 5.74) is 0. The van der Waals surface area contributed by atoms with E-state index in [-0.39, 0.29) is 18.3 Å². The van der Waals surface area contributed by atoms with E-state index < -0.39 is 42.1 Å². The van der Waals surface area contributed by atoms with Crippen LogP contribution in [0.5, 0.6) is 0 Å². The molecule has 0 aliphatic rings. The van der Waals surface area contributed by atoms with Crippen LogP contribution in [-0.4, -0.2) is 41.6 Å². The van der Waals surface area contributed by atoms with E-state index in [1.807, 2.05) is 13.8 Å². The minimum Gasteiger partial charge on any atom is -0.465 e. The predicted molar refractivity (Wildman–Crippen MR) is 82.1 cm³/mol. The van der Waals surface area contributed by atoms with Crippen molar-refractivity contribution in [1.82, 2.24) is 0 Å². The molecule has 0 aromatic rings. The molecule has 0 spiro atoms. The molecule has 0 fully saturated rings. The van der Waals surface area contributed by atoms with Gasteiger partial charge in [-0.25, -0.2) is 0 Å². The van der Waals surface area contributed by atoms with Gasteiger partial charge in [0.2, 0.25) is 0 Å². The molecule has 0 saturated heterocycles. The lowest BCUT2D eigenvalue weighted by molar-refractivity contribution is -0.355. The lowest BCUT2D eigenvalue weighted by Gasteiger charge is -2.28. The standard InChI is InChI=1S/C15H23F7O2S/c1-4-7-24-12(23)11(9-10(2)3)25-8-5-6-13(16,17)14(18,19)15(20,21)22/h10-11H,4-9H2,1-3H3. The molecule has 25 heavy (non-hydrogen) atoms. The fourth-order valence-corrected chi connectivity index (χ4v) is 3.16. The van der Waals surface area contributed by atoms with Crippen LogP contribution in [0.15, 0.2) is 0 Å². The Morgan fingerprint density at radius 3 is 2.08 bits per heavy atom. The average Bonchev–Trinajstić information content (AvgIpc) is 2.46. The summed E-state index contributed by atoms with van der Waals surface area (Å²) in [5.74, 6) is -11.9. The number of carbonyl (C=O) groups excluding carboxylic acids is 1. The summed E-state index contributed by atoms with van der Waals surface area (Å²) >= 11 is 0.933. The summed E-state index contributed by atoms with van der Waals surface area (Å²) in [5, 5.41) is -0.664. The van der Waals surface area contributed by atoms with E-state index in [4.69, 9.17) is 4.74 Å². The summed E-state index contributed by atoms with van der Waals surface area (Å²) in [6.07, 6.45) is -7.52. The van der Waals surface area contributed by atoms with Crippen molar-refractivity contribution in [2.24, 2.45) is 5.92 Å². The SMILES string of the molecule is CCCOC(=O)C(CC(C)C)SCCCC(F)(F)C(F)(F)C(F)(F)F. The zero-order chi connectivity index (χ0) is 19.9. The highest BCUT2D eigenvalue weighted by Gasteiger charge is 2.72. The Hall–Kier alpha value is -0.670. The van der Waals surface area contributed by atoms with Crippen molar-refractivity contribution in [3.63, 3.8) is 0 Å². The van der Waals surface area contributed by atoms with Crippen LogP contribution in [0.3, 0.4) is 0 Å². The number of esters is 1. The Kier molecular flexibility index (Phi) is 9.61. The fourth-order valence-electron chi connectivity index (χ4n) is 1.84. The Bertz CT molecular complexity index is 411. The van der Waals surface area contributed by atoms with Gasteiger partial charge in [-0.2, -0.15) is 30.7 Å². The van der Waals surface area contributed by atoms with E-state index in [9.17, 15) is 35.5 Å². The lowest BCUT2D eigenvalue weighted by Crippen LogP contribution is -2.51. The van der Waals surface area contributed by atoms with Gasteiger partial charge in [0.25, 0.3) is 0 Å². The van der Waals surface area contributed by atoms with Crippen LogP contribution < -0.4 is 0 Å². The Morgan fingerprint density at radius 1 is 1.08 bits per heavy atom. The van der Waals surface area contributed by atoms with Gasteiger partial charge in [-0.05, 0) is 30.9 Å². The molecular formula is C15H23F7O2S. The predicted octanol–water partition coefficient (Wildman–Crippen LogP) is 5.70. The van der Waals surface area contributed by atoms with Gasteiger partial charge in [-0.3, -0.25) is 4.79 Å². The molecule has 2 nitrogen and oxygen atoms in total. The van der Waals surface area contributed by atoms with Gasteiger partial charge in [-0.15, -0.1) is 11.8 Å². The molecule has 0 aromatic heterocycles. The molecule has 0 heterocycles.